The van der Waals surface area contributed by atoms with Gasteiger partial charge in [0.15, 0.2) is 0 Å². The summed E-state index contributed by atoms with van der Waals surface area (Å²) >= 11 is 6.51. The van der Waals surface area contributed by atoms with Crippen molar-refractivity contribution >= 4 is 29.3 Å². The minimum atomic E-state index is -0.306. The van der Waals surface area contributed by atoms with Crippen LogP contribution in [0, 0.1) is 0 Å². The van der Waals surface area contributed by atoms with Crippen LogP contribution in [0.2, 0.25) is 5.02 Å². The maximum Gasteiger partial charge on any atom is 0.409 e. The third kappa shape index (κ3) is 5.34. The molecule has 180 valence electrons. The Morgan fingerprint density at radius 1 is 1.09 bits per heavy atom. The van der Waals surface area contributed by atoms with E-state index in [9.17, 15) is 9.59 Å². The van der Waals surface area contributed by atoms with Gasteiger partial charge in [0.05, 0.1) is 32.0 Å². The molecule has 0 spiro atoms. The van der Waals surface area contributed by atoms with Crippen molar-refractivity contribution in [2.24, 2.45) is 5.10 Å². The van der Waals surface area contributed by atoms with Crippen molar-refractivity contribution < 1.29 is 19.1 Å². The highest BCUT2D eigenvalue weighted by Crippen LogP contribution is 2.36. The van der Waals surface area contributed by atoms with Crippen molar-refractivity contribution in [1.29, 1.82) is 0 Å². The van der Waals surface area contributed by atoms with E-state index in [1.165, 1.54) is 0 Å². The largest absolute Gasteiger partial charge is 0.497 e. The first-order valence-corrected chi connectivity index (χ1v) is 11.8. The third-order valence-electron chi connectivity index (χ3n) is 6.09. The number of ether oxygens (including phenoxy) is 2. The van der Waals surface area contributed by atoms with Gasteiger partial charge in [-0.3, -0.25) is 9.69 Å². The van der Waals surface area contributed by atoms with E-state index in [1.807, 2.05) is 53.4 Å². The van der Waals surface area contributed by atoms with Crippen molar-refractivity contribution in [2.45, 2.75) is 19.4 Å². The number of rotatable bonds is 6. The number of halogens is 1. The van der Waals surface area contributed by atoms with Crippen LogP contribution in [-0.2, 0) is 9.53 Å². The Balaban J connectivity index is 1.51. The number of hydrogen-bond acceptors (Lipinski definition) is 6. The Bertz CT molecular complexity index is 1070. The number of carbonyl (C=O) groups excluding carboxylic acids is 2. The molecule has 2 heterocycles. The molecule has 0 aromatic heterocycles. The predicted octanol–water partition coefficient (Wildman–Crippen LogP) is 3.80. The molecule has 4 rings (SSSR count). The lowest BCUT2D eigenvalue weighted by Gasteiger charge is -2.34. The van der Waals surface area contributed by atoms with Crippen LogP contribution in [0.25, 0.3) is 0 Å². The molecule has 1 saturated heterocycles. The van der Waals surface area contributed by atoms with Gasteiger partial charge in [0.25, 0.3) is 5.91 Å². The molecule has 2 aliphatic rings. The summed E-state index contributed by atoms with van der Waals surface area (Å²) in [6.45, 7) is 4.61. The summed E-state index contributed by atoms with van der Waals surface area (Å²) in [7, 11) is 1.62. The second-order valence-corrected chi connectivity index (χ2v) is 8.63. The average Bonchev–Trinajstić information content (AvgIpc) is 3.30. The van der Waals surface area contributed by atoms with Crippen molar-refractivity contribution in [1.82, 2.24) is 14.8 Å². The van der Waals surface area contributed by atoms with Gasteiger partial charge in [-0.15, -0.1) is 0 Å². The Labute approximate surface area is 204 Å². The topological polar surface area (TPSA) is 74.7 Å². The minimum Gasteiger partial charge on any atom is -0.497 e. The lowest BCUT2D eigenvalue weighted by molar-refractivity contribution is -0.134. The molecule has 2 amide bonds. The summed E-state index contributed by atoms with van der Waals surface area (Å²) in [5.74, 6) is 0.631. The summed E-state index contributed by atoms with van der Waals surface area (Å²) in [6, 6.07) is 15.0. The van der Waals surface area contributed by atoms with Gasteiger partial charge in [-0.2, -0.15) is 5.10 Å². The number of methoxy groups -OCH3 is 1. The maximum atomic E-state index is 13.4. The molecule has 2 aromatic rings. The summed E-state index contributed by atoms with van der Waals surface area (Å²) in [5, 5.41) is 6.91. The van der Waals surface area contributed by atoms with Crippen molar-refractivity contribution in [3.8, 4) is 5.75 Å². The third-order valence-corrected chi connectivity index (χ3v) is 6.43. The van der Waals surface area contributed by atoms with Gasteiger partial charge in [0.1, 0.15) is 5.75 Å². The maximum absolute atomic E-state index is 13.4. The number of carbonyl (C=O) groups is 2. The molecule has 1 atom stereocenters. The van der Waals surface area contributed by atoms with E-state index in [0.29, 0.717) is 44.2 Å². The van der Waals surface area contributed by atoms with E-state index in [0.717, 1.165) is 22.6 Å². The molecule has 0 aliphatic carbocycles. The molecule has 1 unspecified atom stereocenters. The quantitative estimate of drug-likeness (QED) is 0.623. The number of amides is 2. The predicted molar refractivity (Wildman–Crippen MR) is 130 cm³/mol. The summed E-state index contributed by atoms with van der Waals surface area (Å²) in [5.41, 5.74) is 2.59. The lowest BCUT2D eigenvalue weighted by atomic mass is 9.98. The molecular weight excluding hydrogens is 456 g/mol. The Morgan fingerprint density at radius 2 is 1.85 bits per heavy atom. The van der Waals surface area contributed by atoms with E-state index in [1.54, 1.807) is 23.9 Å². The highest BCUT2D eigenvalue weighted by molar-refractivity contribution is 6.31. The second kappa shape index (κ2) is 10.9. The molecule has 9 heteroatoms. The molecule has 0 saturated carbocycles. The average molecular weight is 485 g/mol. The first-order chi connectivity index (χ1) is 16.5. The molecule has 1 fully saturated rings. The van der Waals surface area contributed by atoms with Gasteiger partial charge < -0.3 is 14.4 Å². The number of hydrogen-bond donors (Lipinski definition) is 0. The van der Waals surface area contributed by atoms with Crippen LogP contribution in [0.15, 0.2) is 53.6 Å². The normalized spacial score (nSPS) is 18.6. The second-order valence-electron chi connectivity index (χ2n) is 8.22. The zero-order valence-electron chi connectivity index (χ0n) is 19.4. The molecule has 0 radical (unpaired) electrons. The first kappa shape index (κ1) is 24.0. The van der Waals surface area contributed by atoms with E-state index < -0.39 is 0 Å². The lowest BCUT2D eigenvalue weighted by Crippen LogP contribution is -2.51. The molecule has 2 aliphatic heterocycles. The van der Waals surface area contributed by atoms with Crippen LogP contribution in [0.3, 0.4) is 0 Å². The molecule has 0 bridgehead atoms. The van der Waals surface area contributed by atoms with Crippen molar-refractivity contribution in [3.05, 3.63) is 64.7 Å². The van der Waals surface area contributed by atoms with Crippen molar-refractivity contribution in [3.63, 3.8) is 0 Å². The molecule has 2 aromatic carbocycles. The SMILES string of the molecule is CCOC(=O)N1CCN(CC(=O)N2N=C(c3cccc(OC)c3)CC2c2ccccc2Cl)CC1. The Hall–Kier alpha value is -3.10. The smallest absolute Gasteiger partial charge is 0.409 e. The van der Waals surface area contributed by atoms with Gasteiger partial charge >= 0.3 is 6.09 Å². The van der Waals surface area contributed by atoms with Crippen LogP contribution in [0.5, 0.6) is 5.75 Å². The van der Waals surface area contributed by atoms with Gasteiger partial charge in [0, 0.05) is 43.2 Å². The highest BCUT2D eigenvalue weighted by atomic mass is 35.5. The van der Waals surface area contributed by atoms with E-state index in [4.69, 9.17) is 26.2 Å². The molecule has 8 nitrogen and oxygen atoms in total. The van der Waals surface area contributed by atoms with Gasteiger partial charge in [0.2, 0.25) is 0 Å². The number of piperazine rings is 1. The monoisotopic (exact) mass is 484 g/mol. The first-order valence-electron chi connectivity index (χ1n) is 11.4. The Kier molecular flexibility index (Phi) is 7.70. The zero-order valence-corrected chi connectivity index (χ0v) is 20.2. The highest BCUT2D eigenvalue weighted by Gasteiger charge is 2.35. The summed E-state index contributed by atoms with van der Waals surface area (Å²) in [6.07, 6.45) is 0.249. The molecular formula is C25H29ClN4O4. The van der Waals surface area contributed by atoms with E-state index in [-0.39, 0.29) is 24.6 Å². The minimum absolute atomic E-state index is 0.104. The van der Waals surface area contributed by atoms with Gasteiger partial charge in [-0.05, 0) is 30.7 Å². The Morgan fingerprint density at radius 3 is 2.56 bits per heavy atom. The zero-order chi connectivity index (χ0) is 24.1. The molecule has 0 N–H and O–H groups in total. The van der Waals surface area contributed by atoms with Crippen LogP contribution in [0.4, 0.5) is 4.79 Å². The van der Waals surface area contributed by atoms with Crippen LogP contribution >= 0.6 is 11.6 Å². The molecule has 34 heavy (non-hydrogen) atoms. The standard InChI is InChI=1S/C25H29ClN4O4/c1-3-34-25(32)29-13-11-28(12-14-29)17-24(31)30-23(20-9-4-5-10-21(20)26)16-22(27-30)18-7-6-8-19(15-18)33-2/h4-10,15,23H,3,11-14,16-17H2,1-2H3. The van der Waals surface area contributed by atoms with Gasteiger partial charge in [-0.25, -0.2) is 9.80 Å². The summed E-state index contributed by atoms with van der Waals surface area (Å²) in [4.78, 5) is 29.1. The van der Waals surface area contributed by atoms with E-state index in [2.05, 4.69) is 0 Å². The van der Waals surface area contributed by atoms with E-state index >= 15 is 0 Å². The van der Waals surface area contributed by atoms with Gasteiger partial charge in [-0.1, -0.05) is 41.9 Å². The van der Waals surface area contributed by atoms with Crippen LogP contribution in [0.1, 0.15) is 30.5 Å². The fourth-order valence-corrected chi connectivity index (χ4v) is 4.53. The summed E-state index contributed by atoms with van der Waals surface area (Å²) < 4.78 is 10.4. The fraction of sp³-hybridized carbons (Fsp3) is 0.400. The number of benzene rings is 2. The van der Waals surface area contributed by atoms with Crippen LogP contribution < -0.4 is 4.74 Å². The fourth-order valence-electron chi connectivity index (χ4n) is 4.27. The van der Waals surface area contributed by atoms with Crippen molar-refractivity contribution in [2.75, 3.05) is 46.4 Å². The van der Waals surface area contributed by atoms with Crippen LogP contribution in [-0.4, -0.2) is 79.0 Å². The number of nitrogens with zero attached hydrogens (tertiary/aromatic N) is 4. The number of hydrazone groups is 1.